The predicted molar refractivity (Wildman–Crippen MR) is 56.5 cm³/mol. The molecular weight excluding hydrogens is 214 g/mol. The summed E-state index contributed by atoms with van der Waals surface area (Å²) in [5.74, 6) is -0.257. The average Bonchev–Trinajstić information content (AvgIpc) is 2.72. The second-order valence-corrected chi connectivity index (χ2v) is 3.61. The maximum Gasteiger partial charge on any atom is 0.274 e. The molecule has 0 radical (unpaired) electrons. The number of hydroxylamine groups is 1. The van der Waals surface area contributed by atoms with E-state index in [4.69, 9.17) is 4.84 Å². The molecule has 1 aromatic heterocycles. The lowest BCUT2D eigenvalue weighted by Gasteiger charge is -2.02. The van der Waals surface area contributed by atoms with Gasteiger partial charge < -0.3 is 0 Å². The molecule has 1 amide bonds. The summed E-state index contributed by atoms with van der Waals surface area (Å²) in [7, 11) is 0. The van der Waals surface area contributed by atoms with Crippen LogP contribution < -0.4 is 5.48 Å². The molecule has 0 aliphatic heterocycles. The number of amides is 1. The Labute approximate surface area is 90.2 Å². The molecule has 0 unspecified atom stereocenters. The van der Waals surface area contributed by atoms with Gasteiger partial charge in [0, 0.05) is 5.56 Å². The number of hydrogen-bond acceptors (Lipinski definition) is 5. The van der Waals surface area contributed by atoms with Crippen molar-refractivity contribution in [2.75, 3.05) is 6.61 Å². The Kier molecular flexibility index (Phi) is 2.89. The van der Waals surface area contributed by atoms with Crippen LogP contribution in [0.3, 0.4) is 0 Å². The summed E-state index contributed by atoms with van der Waals surface area (Å²) in [5, 5.41) is 3.89. The molecule has 6 heteroatoms. The number of aromatic nitrogens is 2. The van der Waals surface area contributed by atoms with Crippen LogP contribution in [0.15, 0.2) is 18.2 Å². The molecule has 1 aromatic carbocycles. The number of benzene rings is 1. The van der Waals surface area contributed by atoms with Crippen LogP contribution in [0.2, 0.25) is 0 Å². The molecule has 0 aliphatic carbocycles. The number of fused-ring (bicyclic) bond motifs is 1. The van der Waals surface area contributed by atoms with Gasteiger partial charge >= 0.3 is 0 Å². The number of carbonyl (C=O) groups excluding carboxylic acids is 1. The normalized spacial score (nSPS) is 10.5. The molecule has 2 aromatic rings. The van der Waals surface area contributed by atoms with Gasteiger partial charge in [0.05, 0.1) is 11.3 Å². The Morgan fingerprint density at radius 1 is 1.60 bits per heavy atom. The fraction of sp³-hybridized carbons (Fsp3) is 0.222. The Bertz CT molecular complexity index is 483. The van der Waals surface area contributed by atoms with Gasteiger partial charge in [-0.3, -0.25) is 9.63 Å². The van der Waals surface area contributed by atoms with Crippen molar-refractivity contribution in [3.63, 3.8) is 0 Å². The Balaban J connectivity index is 2.23. The quantitative estimate of drug-likeness (QED) is 0.798. The standard InChI is InChI=1S/C9H9N3O2S/c1-2-14-11-9(13)6-3-4-7-8(5-6)15-12-10-7/h3-5H,2H2,1H3,(H,11,13). The number of rotatable bonds is 3. The molecule has 0 fully saturated rings. The Morgan fingerprint density at radius 2 is 2.47 bits per heavy atom. The number of carbonyl (C=O) groups is 1. The van der Waals surface area contributed by atoms with E-state index < -0.39 is 0 Å². The second kappa shape index (κ2) is 4.33. The average molecular weight is 223 g/mol. The second-order valence-electron chi connectivity index (χ2n) is 2.82. The van der Waals surface area contributed by atoms with Crippen molar-refractivity contribution in [2.45, 2.75) is 6.92 Å². The van der Waals surface area contributed by atoms with E-state index in [9.17, 15) is 4.79 Å². The summed E-state index contributed by atoms with van der Waals surface area (Å²) in [6, 6.07) is 5.20. The van der Waals surface area contributed by atoms with Crippen LogP contribution in [0, 0.1) is 0 Å². The summed E-state index contributed by atoms with van der Waals surface area (Å²) >= 11 is 1.26. The predicted octanol–water partition coefficient (Wildman–Crippen LogP) is 1.37. The molecule has 0 aliphatic rings. The van der Waals surface area contributed by atoms with Gasteiger partial charge in [0.15, 0.2) is 0 Å². The fourth-order valence-electron chi connectivity index (χ4n) is 1.12. The highest BCUT2D eigenvalue weighted by atomic mass is 32.1. The van der Waals surface area contributed by atoms with Crippen molar-refractivity contribution in [3.8, 4) is 0 Å². The first-order chi connectivity index (χ1) is 7.31. The number of hydrogen-bond donors (Lipinski definition) is 1. The van der Waals surface area contributed by atoms with Crippen molar-refractivity contribution in [3.05, 3.63) is 23.8 Å². The maximum atomic E-state index is 11.5. The highest BCUT2D eigenvalue weighted by Crippen LogP contribution is 2.16. The summed E-state index contributed by atoms with van der Waals surface area (Å²) in [6.45, 7) is 2.24. The molecular formula is C9H9N3O2S. The Morgan fingerprint density at radius 3 is 3.27 bits per heavy atom. The third kappa shape index (κ3) is 2.11. The lowest BCUT2D eigenvalue weighted by molar-refractivity contribution is 0.0364. The van der Waals surface area contributed by atoms with E-state index in [1.165, 1.54) is 11.5 Å². The molecule has 0 saturated carbocycles. The maximum absolute atomic E-state index is 11.5. The number of nitrogens with zero attached hydrogens (tertiary/aromatic N) is 2. The minimum atomic E-state index is -0.257. The van der Waals surface area contributed by atoms with Crippen LogP contribution in [-0.2, 0) is 4.84 Å². The van der Waals surface area contributed by atoms with E-state index in [0.29, 0.717) is 12.2 Å². The van der Waals surface area contributed by atoms with Gasteiger partial charge in [0.2, 0.25) is 0 Å². The minimum absolute atomic E-state index is 0.257. The fourth-order valence-corrected chi connectivity index (χ4v) is 1.71. The van der Waals surface area contributed by atoms with Gasteiger partial charge in [-0.05, 0) is 36.7 Å². The van der Waals surface area contributed by atoms with Gasteiger partial charge in [-0.2, -0.15) is 0 Å². The first kappa shape index (κ1) is 10.0. The van der Waals surface area contributed by atoms with E-state index in [2.05, 4.69) is 15.1 Å². The monoisotopic (exact) mass is 223 g/mol. The number of nitrogens with one attached hydrogen (secondary N) is 1. The molecule has 2 rings (SSSR count). The van der Waals surface area contributed by atoms with Crippen molar-refractivity contribution in [1.82, 2.24) is 15.1 Å². The molecule has 0 atom stereocenters. The van der Waals surface area contributed by atoms with Gasteiger partial charge in [-0.1, -0.05) is 4.49 Å². The zero-order valence-corrected chi connectivity index (χ0v) is 8.87. The van der Waals surface area contributed by atoms with Crippen molar-refractivity contribution in [2.24, 2.45) is 0 Å². The highest BCUT2D eigenvalue weighted by molar-refractivity contribution is 7.12. The Hall–Kier alpha value is -1.53. The molecule has 0 bridgehead atoms. The van der Waals surface area contributed by atoms with Gasteiger partial charge in [0.25, 0.3) is 5.91 Å². The van der Waals surface area contributed by atoms with E-state index in [0.717, 1.165) is 10.2 Å². The summed E-state index contributed by atoms with van der Waals surface area (Å²) in [5.41, 5.74) is 3.67. The molecule has 1 heterocycles. The summed E-state index contributed by atoms with van der Waals surface area (Å²) in [4.78, 5) is 16.3. The van der Waals surface area contributed by atoms with Crippen molar-refractivity contribution in [1.29, 1.82) is 0 Å². The van der Waals surface area contributed by atoms with Crippen LogP contribution >= 0.6 is 11.5 Å². The smallest absolute Gasteiger partial charge is 0.274 e. The van der Waals surface area contributed by atoms with Crippen LogP contribution in [-0.4, -0.2) is 22.1 Å². The third-order valence-electron chi connectivity index (χ3n) is 1.82. The van der Waals surface area contributed by atoms with E-state index in [-0.39, 0.29) is 5.91 Å². The van der Waals surface area contributed by atoms with Crippen molar-refractivity contribution < 1.29 is 9.63 Å². The van der Waals surface area contributed by atoms with Crippen LogP contribution in [0.5, 0.6) is 0 Å². The van der Waals surface area contributed by atoms with E-state index in [1.54, 1.807) is 25.1 Å². The van der Waals surface area contributed by atoms with E-state index in [1.807, 2.05) is 0 Å². The van der Waals surface area contributed by atoms with Gasteiger partial charge in [-0.15, -0.1) is 5.10 Å². The zero-order chi connectivity index (χ0) is 10.7. The van der Waals surface area contributed by atoms with Gasteiger partial charge in [-0.25, -0.2) is 5.48 Å². The molecule has 78 valence electrons. The zero-order valence-electron chi connectivity index (χ0n) is 8.06. The van der Waals surface area contributed by atoms with Crippen molar-refractivity contribution >= 4 is 27.7 Å². The molecule has 5 nitrogen and oxygen atoms in total. The SMILES string of the molecule is CCONC(=O)c1ccc2nnsc2c1. The van der Waals surface area contributed by atoms with Crippen LogP contribution in [0.4, 0.5) is 0 Å². The lowest BCUT2D eigenvalue weighted by atomic mass is 10.2. The minimum Gasteiger partial charge on any atom is -0.274 e. The highest BCUT2D eigenvalue weighted by Gasteiger charge is 2.07. The summed E-state index contributed by atoms with van der Waals surface area (Å²) in [6.07, 6.45) is 0. The third-order valence-corrected chi connectivity index (χ3v) is 2.51. The van der Waals surface area contributed by atoms with Gasteiger partial charge in [0.1, 0.15) is 5.52 Å². The topological polar surface area (TPSA) is 64.1 Å². The largest absolute Gasteiger partial charge is 0.274 e. The molecule has 0 saturated heterocycles. The van der Waals surface area contributed by atoms with Crippen LogP contribution in [0.1, 0.15) is 17.3 Å². The van der Waals surface area contributed by atoms with Crippen LogP contribution in [0.25, 0.3) is 10.2 Å². The molecule has 15 heavy (non-hydrogen) atoms. The first-order valence-electron chi connectivity index (χ1n) is 4.45. The first-order valence-corrected chi connectivity index (χ1v) is 5.23. The van der Waals surface area contributed by atoms with E-state index >= 15 is 0 Å². The molecule has 0 spiro atoms. The summed E-state index contributed by atoms with van der Waals surface area (Å²) < 4.78 is 4.68. The lowest BCUT2D eigenvalue weighted by Crippen LogP contribution is -2.23. The molecule has 1 N–H and O–H groups in total.